The Labute approximate surface area is 128 Å². The van der Waals surface area contributed by atoms with E-state index in [1.54, 1.807) is 6.92 Å². The lowest BCUT2D eigenvalue weighted by Crippen LogP contribution is -2.30. The summed E-state index contributed by atoms with van der Waals surface area (Å²) in [5.74, 6) is -0.755. The average molecular weight is 328 g/mol. The second-order valence-corrected chi connectivity index (χ2v) is 7.81. The van der Waals surface area contributed by atoms with Gasteiger partial charge in [-0.05, 0) is 43.0 Å². The third-order valence-corrected chi connectivity index (χ3v) is 6.37. The zero-order chi connectivity index (χ0) is 15.8. The molecule has 0 saturated carbocycles. The van der Waals surface area contributed by atoms with E-state index in [4.69, 9.17) is 5.73 Å². The van der Waals surface area contributed by atoms with Crippen molar-refractivity contribution in [3.05, 3.63) is 45.9 Å². The number of hydrogen-bond acceptors (Lipinski definition) is 4. The summed E-state index contributed by atoms with van der Waals surface area (Å²) in [4.78, 5) is 0.507. The van der Waals surface area contributed by atoms with Crippen molar-refractivity contribution >= 4 is 27.0 Å². The Morgan fingerprint density at radius 2 is 2.05 bits per heavy atom. The molecule has 7 heteroatoms. The minimum Gasteiger partial charge on any atom is -0.399 e. The third kappa shape index (κ3) is 2.95. The number of halogens is 1. The fraction of sp³-hybridized carbons (Fsp3) is 0.286. The molecule has 1 atom stereocenters. The van der Waals surface area contributed by atoms with Gasteiger partial charge in [0.1, 0.15) is 10.7 Å². The highest BCUT2D eigenvalue weighted by Gasteiger charge is 2.30. The number of thiophene rings is 1. The molecule has 0 spiro atoms. The van der Waals surface area contributed by atoms with Crippen molar-refractivity contribution in [3.8, 4) is 0 Å². The van der Waals surface area contributed by atoms with Crippen molar-refractivity contribution in [2.75, 3.05) is 12.8 Å². The number of nitrogens with zero attached hydrogens (tertiary/aromatic N) is 1. The van der Waals surface area contributed by atoms with Crippen molar-refractivity contribution in [1.82, 2.24) is 4.31 Å². The van der Waals surface area contributed by atoms with Crippen molar-refractivity contribution in [3.63, 3.8) is 0 Å². The normalized spacial score (nSPS) is 13.6. The van der Waals surface area contributed by atoms with E-state index >= 15 is 0 Å². The molecule has 0 radical (unpaired) electrons. The van der Waals surface area contributed by atoms with Crippen LogP contribution in [0.15, 0.2) is 34.5 Å². The minimum atomic E-state index is -3.95. The molecule has 0 fully saturated rings. The summed E-state index contributed by atoms with van der Waals surface area (Å²) >= 11 is 1.46. The molecule has 4 nitrogen and oxygen atoms in total. The van der Waals surface area contributed by atoms with E-state index in [-0.39, 0.29) is 22.2 Å². The molecule has 2 N–H and O–H groups in total. The van der Waals surface area contributed by atoms with Gasteiger partial charge in [-0.1, -0.05) is 6.07 Å². The zero-order valence-corrected chi connectivity index (χ0v) is 13.6. The van der Waals surface area contributed by atoms with Crippen LogP contribution in [0.4, 0.5) is 10.1 Å². The highest BCUT2D eigenvalue weighted by Crippen LogP contribution is 2.31. The predicted octanol–water partition coefficient (Wildman–Crippen LogP) is 3.16. The summed E-state index contributed by atoms with van der Waals surface area (Å²) in [6.07, 6.45) is 0. The summed E-state index contributed by atoms with van der Waals surface area (Å²) in [5.41, 5.74) is 6.09. The van der Waals surface area contributed by atoms with Gasteiger partial charge in [0.05, 0.1) is 6.04 Å². The smallest absolute Gasteiger partial charge is 0.246 e. The molecule has 1 unspecified atom stereocenters. The standard InChI is InChI=1S/C14H17FN2O2S2/c1-9-7-11(16)8-13(14(9)15)21(18,19)17(3)10(2)12-5-4-6-20-12/h4-8,10H,16H2,1-3H3. The molecular formula is C14H17FN2O2S2. The third-order valence-electron chi connectivity index (χ3n) is 3.40. The van der Waals surface area contributed by atoms with Crippen LogP contribution in [0.2, 0.25) is 0 Å². The van der Waals surface area contributed by atoms with Crippen LogP contribution < -0.4 is 5.73 Å². The Bertz CT molecular complexity index is 743. The molecule has 114 valence electrons. The van der Waals surface area contributed by atoms with Gasteiger partial charge in [0, 0.05) is 17.6 Å². The van der Waals surface area contributed by atoms with Gasteiger partial charge in [-0.3, -0.25) is 0 Å². The lowest BCUT2D eigenvalue weighted by atomic mass is 10.2. The van der Waals surface area contributed by atoms with Gasteiger partial charge < -0.3 is 5.73 Å². The number of nitrogen functional groups attached to an aromatic ring is 1. The van der Waals surface area contributed by atoms with E-state index < -0.39 is 15.8 Å². The lowest BCUT2D eigenvalue weighted by molar-refractivity contribution is 0.399. The fourth-order valence-corrected chi connectivity index (χ4v) is 4.43. The quantitative estimate of drug-likeness (QED) is 0.877. The maximum absolute atomic E-state index is 14.2. The Morgan fingerprint density at radius 1 is 1.38 bits per heavy atom. The van der Waals surface area contributed by atoms with Crippen molar-refractivity contribution < 1.29 is 12.8 Å². The van der Waals surface area contributed by atoms with Gasteiger partial charge in [0.2, 0.25) is 10.0 Å². The van der Waals surface area contributed by atoms with Crippen LogP contribution in [-0.2, 0) is 10.0 Å². The van der Waals surface area contributed by atoms with Gasteiger partial charge in [0.25, 0.3) is 0 Å². The van der Waals surface area contributed by atoms with Crippen molar-refractivity contribution in [1.29, 1.82) is 0 Å². The van der Waals surface area contributed by atoms with Crippen LogP contribution in [0.25, 0.3) is 0 Å². The highest BCUT2D eigenvalue weighted by molar-refractivity contribution is 7.89. The summed E-state index contributed by atoms with van der Waals surface area (Å²) < 4.78 is 40.6. The molecule has 0 aliphatic rings. The first-order valence-corrected chi connectivity index (χ1v) is 8.64. The van der Waals surface area contributed by atoms with Gasteiger partial charge in [0.15, 0.2) is 0 Å². The zero-order valence-electron chi connectivity index (χ0n) is 12.0. The van der Waals surface area contributed by atoms with Crippen LogP contribution in [-0.4, -0.2) is 19.8 Å². The number of sulfonamides is 1. The largest absolute Gasteiger partial charge is 0.399 e. The summed E-state index contributed by atoms with van der Waals surface area (Å²) in [6, 6.07) is 5.90. The maximum Gasteiger partial charge on any atom is 0.246 e. The fourth-order valence-electron chi connectivity index (χ4n) is 2.02. The van der Waals surface area contributed by atoms with Crippen molar-refractivity contribution in [2.24, 2.45) is 0 Å². The van der Waals surface area contributed by atoms with E-state index in [0.717, 1.165) is 15.2 Å². The molecule has 1 aromatic carbocycles. The van der Waals surface area contributed by atoms with E-state index in [2.05, 4.69) is 0 Å². The van der Waals surface area contributed by atoms with Gasteiger partial charge in [-0.2, -0.15) is 4.31 Å². The number of rotatable bonds is 4. The number of aryl methyl sites for hydroxylation is 1. The van der Waals surface area contributed by atoms with Crippen LogP contribution in [0, 0.1) is 12.7 Å². The Balaban J connectivity index is 2.47. The number of nitrogens with two attached hydrogens (primary N) is 1. The molecule has 0 saturated heterocycles. The molecule has 21 heavy (non-hydrogen) atoms. The molecule has 0 aliphatic carbocycles. The Hall–Kier alpha value is -1.44. The first-order valence-electron chi connectivity index (χ1n) is 6.32. The SMILES string of the molecule is Cc1cc(N)cc(S(=O)(=O)N(C)C(C)c2cccs2)c1F. The number of hydrogen-bond donors (Lipinski definition) is 1. The topological polar surface area (TPSA) is 63.4 Å². The van der Waals surface area contributed by atoms with Gasteiger partial charge in [-0.15, -0.1) is 11.3 Å². The maximum atomic E-state index is 14.2. The first kappa shape index (κ1) is 15.9. The van der Waals surface area contributed by atoms with E-state index in [1.807, 2.05) is 17.5 Å². The second kappa shape index (κ2) is 5.75. The number of benzene rings is 1. The van der Waals surface area contributed by atoms with Gasteiger partial charge >= 0.3 is 0 Å². The minimum absolute atomic E-state index is 0.214. The summed E-state index contributed by atoms with van der Waals surface area (Å²) in [6.45, 7) is 3.26. The monoisotopic (exact) mass is 328 g/mol. The Kier molecular flexibility index (Phi) is 4.36. The molecule has 0 bridgehead atoms. The summed E-state index contributed by atoms with van der Waals surface area (Å²) in [7, 11) is -2.51. The second-order valence-electron chi connectivity index (χ2n) is 4.86. The van der Waals surface area contributed by atoms with Crippen LogP contribution in [0.5, 0.6) is 0 Å². The van der Waals surface area contributed by atoms with Crippen LogP contribution in [0.1, 0.15) is 23.4 Å². The molecule has 0 aliphatic heterocycles. The molecule has 2 aromatic rings. The average Bonchev–Trinajstić information content (AvgIpc) is 2.94. The summed E-state index contributed by atoms with van der Waals surface area (Å²) in [5, 5.41) is 1.87. The highest BCUT2D eigenvalue weighted by atomic mass is 32.2. The lowest BCUT2D eigenvalue weighted by Gasteiger charge is -2.24. The molecular weight excluding hydrogens is 311 g/mol. The Morgan fingerprint density at radius 3 is 2.62 bits per heavy atom. The van der Waals surface area contributed by atoms with E-state index in [0.29, 0.717) is 0 Å². The molecule has 1 aromatic heterocycles. The predicted molar refractivity (Wildman–Crippen MR) is 83.2 cm³/mol. The van der Waals surface area contributed by atoms with E-state index in [1.165, 1.54) is 31.4 Å². The molecule has 0 amide bonds. The van der Waals surface area contributed by atoms with Crippen LogP contribution in [0.3, 0.4) is 0 Å². The molecule has 2 rings (SSSR count). The molecule has 1 heterocycles. The van der Waals surface area contributed by atoms with Crippen molar-refractivity contribution in [2.45, 2.75) is 24.8 Å². The number of anilines is 1. The van der Waals surface area contributed by atoms with Gasteiger partial charge in [-0.25, -0.2) is 12.8 Å². The van der Waals surface area contributed by atoms with Crippen LogP contribution >= 0.6 is 11.3 Å². The van der Waals surface area contributed by atoms with E-state index in [9.17, 15) is 12.8 Å². The first-order chi connectivity index (χ1) is 9.75.